The molecular formula is C21H21ClN4O4S. The van der Waals surface area contributed by atoms with E-state index in [-0.39, 0.29) is 16.3 Å². The lowest BCUT2D eigenvalue weighted by Crippen LogP contribution is -2.43. The molecule has 1 aromatic heterocycles. The van der Waals surface area contributed by atoms with E-state index in [1.54, 1.807) is 4.90 Å². The molecule has 10 heteroatoms. The van der Waals surface area contributed by atoms with Crippen molar-refractivity contribution in [3.05, 3.63) is 62.7 Å². The number of morpholine rings is 1. The first-order valence-electron chi connectivity index (χ1n) is 9.85. The van der Waals surface area contributed by atoms with Crippen molar-refractivity contribution in [1.82, 2.24) is 9.88 Å². The van der Waals surface area contributed by atoms with Crippen LogP contribution in [0.4, 0.5) is 10.8 Å². The summed E-state index contributed by atoms with van der Waals surface area (Å²) in [6, 6.07) is 9.83. The van der Waals surface area contributed by atoms with Crippen LogP contribution in [0.2, 0.25) is 5.02 Å². The highest BCUT2D eigenvalue weighted by Crippen LogP contribution is 2.32. The fraction of sp³-hybridized carbons (Fsp3) is 0.333. The molecule has 0 saturated carbocycles. The fourth-order valence-corrected chi connectivity index (χ4v) is 4.71. The van der Waals surface area contributed by atoms with Gasteiger partial charge in [0.1, 0.15) is 0 Å². The molecule has 162 valence electrons. The van der Waals surface area contributed by atoms with E-state index in [0.29, 0.717) is 31.4 Å². The molecule has 1 amide bonds. The minimum atomic E-state index is -0.536. The number of carbonyl (C=O) groups excluding carboxylic acids is 1. The van der Waals surface area contributed by atoms with E-state index in [1.165, 1.54) is 29.5 Å². The number of aromatic nitrogens is 1. The largest absolute Gasteiger partial charge is 0.379 e. The third kappa shape index (κ3) is 4.85. The highest BCUT2D eigenvalue weighted by Gasteiger charge is 2.26. The third-order valence-electron chi connectivity index (χ3n) is 5.14. The molecule has 4 rings (SSSR count). The van der Waals surface area contributed by atoms with E-state index in [1.807, 2.05) is 25.1 Å². The number of hydrogen-bond donors (Lipinski definition) is 0. The molecule has 3 aromatic rings. The maximum Gasteiger partial charge on any atom is 0.270 e. The normalized spacial score (nSPS) is 14.6. The predicted octanol–water partition coefficient (Wildman–Crippen LogP) is 4.15. The molecule has 0 bridgehead atoms. The molecule has 8 nitrogen and oxygen atoms in total. The standard InChI is InChI=1S/C21H21ClN4O4S/c1-14-2-5-18-19(12-14)31-21(23-18)25(7-6-24-8-10-30-11-9-24)20(27)16-13-15(26(28)29)3-4-17(16)22/h2-5,12-13H,6-11H2,1H3. The molecule has 0 atom stereocenters. The fourth-order valence-electron chi connectivity index (χ4n) is 3.42. The van der Waals surface area contributed by atoms with Crippen molar-refractivity contribution in [3.8, 4) is 0 Å². The summed E-state index contributed by atoms with van der Waals surface area (Å²) >= 11 is 7.68. The Labute approximate surface area is 188 Å². The number of halogens is 1. The van der Waals surface area contributed by atoms with Crippen LogP contribution in [0.5, 0.6) is 0 Å². The van der Waals surface area contributed by atoms with Crippen LogP contribution in [0, 0.1) is 17.0 Å². The van der Waals surface area contributed by atoms with Gasteiger partial charge in [-0.2, -0.15) is 0 Å². The molecule has 31 heavy (non-hydrogen) atoms. The molecule has 1 aliphatic heterocycles. The predicted molar refractivity (Wildman–Crippen MR) is 121 cm³/mol. The van der Waals surface area contributed by atoms with Crippen molar-refractivity contribution >= 4 is 49.9 Å². The minimum Gasteiger partial charge on any atom is -0.379 e. The third-order valence-corrected chi connectivity index (χ3v) is 6.51. The van der Waals surface area contributed by atoms with E-state index in [0.717, 1.165) is 28.9 Å². The Morgan fingerprint density at radius 2 is 2.06 bits per heavy atom. The lowest BCUT2D eigenvalue weighted by Gasteiger charge is -2.29. The summed E-state index contributed by atoms with van der Waals surface area (Å²) in [7, 11) is 0. The number of benzene rings is 2. The number of hydrogen-bond acceptors (Lipinski definition) is 7. The van der Waals surface area contributed by atoms with Crippen LogP contribution in [-0.4, -0.2) is 60.1 Å². The van der Waals surface area contributed by atoms with E-state index in [2.05, 4.69) is 9.88 Å². The van der Waals surface area contributed by atoms with Crippen molar-refractivity contribution in [2.75, 3.05) is 44.3 Å². The average molecular weight is 461 g/mol. The molecular weight excluding hydrogens is 440 g/mol. The van der Waals surface area contributed by atoms with Gasteiger partial charge in [0.05, 0.1) is 38.9 Å². The van der Waals surface area contributed by atoms with Crippen molar-refractivity contribution in [2.24, 2.45) is 0 Å². The van der Waals surface area contributed by atoms with E-state index in [9.17, 15) is 14.9 Å². The molecule has 0 spiro atoms. The lowest BCUT2D eigenvalue weighted by molar-refractivity contribution is -0.384. The second kappa shape index (κ2) is 9.27. The van der Waals surface area contributed by atoms with Crippen LogP contribution >= 0.6 is 22.9 Å². The van der Waals surface area contributed by atoms with Crippen LogP contribution in [0.15, 0.2) is 36.4 Å². The van der Waals surface area contributed by atoms with Gasteiger partial charge in [-0.05, 0) is 30.7 Å². The monoisotopic (exact) mass is 460 g/mol. The van der Waals surface area contributed by atoms with Gasteiger partial charge in [-0.3, -0.25) is 24.7 Å². The highest BCUT2D eigenvalue weighted by molar-refractivity contribution is 7.22. The number of amides is 1. The number of nitrogens with zero attached hydrogens (tertiary/aromatic N) is 4. The maximum absolute atomic E-state index is 13.5. The number of nitro groups is 1. The summed E-state index contributed by atoms with van der Waals surface area (Å²) in [5.41, 5.74) is 1.82. The van der Waals surface area contributed by atoms with E-state index in [4.69, 9.17) is 16.3 Å². The molecule has 1 aliphatic rings. The lowest BCUT2D eigenvalue weighted by atomic mass is 10.1. The summed E-state index contributed by atoms with van der Waals surface area (Å²) in [6.07, 6.45) is 0. The molecule has 1 fully saturated rings. The number of rotatable bonds is 6. The van der Waals surface area contributed by atoms with Crippen molar-refractivity contribution < 1.29 is 14.5 Å². The van der Waals surface area contributed by atoms with Crippen LogP contribution in [0.25, 0.3) is 10.2 Å². The van der Waals surface area contributed by atoms with Gasteiger partial charge in [0.25, 0.3) is 11.6 Å². The van der Waals surface area contributed by atoms with Crippen molar-refractivity contribution in [3.63, 3.8) is 0 Å². The Kier molecular flexibility index (Phi) is 6.47. The highest BCUT2D eigenvalue weighted by atomic mass is 35.5. The van der Waals surface area contributed by atoms with Crippen LogP contribution < -0.4 is 4.90 Å². The summed E-state index contributed by atoms with van der Waals surface area (Å²) < 4.78 is 6.37. The van der Waals surface area contributed by atoms with Crippen molar-refractivity contribution in [1.29, 1.82) is 0 Å². The number of anilines is 1. The topological polar surface area (TPSA) is 88.8 Å². The van der Waals surface area contributed by atoms with Crippen molar-refractivity contribution in [2.45, 2.75) is 6.92 Å². The Morgan fingerprint density at radius 1 is 1.29 bits per heavy atom. The van der Waals surface area contributed by atoms with Gasteiger partial charge in [-0.15, -0.1) is 0 Å². The van der Waals surface area contributed by atoms with Gasteiger partial charge >= 0.3 is 0 Å². The smallest absolute Gasteiger partial charge is 0.270 e. The van der Waals surface area contributed by atoms with E-state index >= 15 is 0 Å². The number of carbonyl (C=O) groups is 1. The summed E-state index contributed by atoms with van der Waals surface area (Å²) in [5, 5.41) is 11.9. The Morgan fingerprint density at radius 3 is 2.81 bits per heavy atom. The zero-order chi connectivity index (χ0) is 22.0. The molecule has 0 radical (unpaired) electrons. The second-order valence-electron chi connectivity index (χ2n) is 7.30. The van der Waals surface area contributed by atoms with Gasteiger partial charge in [0.2, 0.25) is 0 Å². The molecule has 2 heterocycles. The van der Waals surface area contributed by atoms with E-state index < -0.39 is 10.8 Å². The first-order valence-corrected chi connectivity index (χ1v) is 11.0. The van der Waals surface area contributed by atoms with Gasteiger partial charge in [-0.25, -0.2) is 4.98 Å². The second-order valence-corrected chi connectivity index (χ2v) is 8.72. The van der Waals surface area contributed by atoms with Crippen LogP contribution in [0.3, 0.4) is 0 Å². The first-order chi connectivity index (χ1) is 14.9. The number of non-ortho nitro benzene ring substituents is 1. The SMILES string of the molecule is Cc1ccc2nc(N(CCN3CCOCC3)C(=O)c3cc([N+](=O)[O-])ccc3Cl)sc2c1. The number of thiazole rings is 1. The summed E-state index contributed by atoms with van der Waals surface area (Å²) in [4.78, 5) is 32.6. The average Bonchev–Trinajstić information content (AvgIpc) is 3.17. The summed E-state index contributed by atoms with van der Waals surface area (Å²) in [6.45, 7) is 5.92. The Hall–Kier alpha value is -2.59. The number of fused-ring (bicyclic) bond motifs is 1. The number of nitro benzene ring substituents is 1. The molecule has 0 N–H and O–H groups in total. The molecule has 2 aromatic carbocycles. The first kappa shape index (κ1) is 21.6. The quantitative estimate of drug-likeness (QED) is 0.405. The summed E-state index contributed by atoms with van der Waals surface area (Å²) in [5.74, 6) is -0.405. The zero-order valence-corrected chi connectivity index (χ0v) is 18.5. The molecule has 1 saturated heterocycles. The zero-order valence-electron chi connectivity index (χ0n) is 16.9. The van der Waals surface area contributed by atoms with Crippen LogP contribution in [0.1, 0.15) is 15.9 Å². The molecule has 0 aliphatic carbocycles. The Bertz CT molecular complexity index is 1130. The van der Waals surface area contributed by atoms with Gasteiger partial charge in [0, 0.05) is 38.3 Å². The number of ether oxygens (including phenoxy) is 1. The Balaban J connectivity index is 1.69. The minimum absolute atomic E-state index is 0.0910. The van der Waals surface area contributed by atoms with Gasteiger partial charge in [-0.1, -0.05) is 29.0 Å². The van der Waals surface area contributed by atoms with Gasteiger partial charge < -0.3 is 4.74 Å². The number of aryl methyl sites for hydroxylation is 1. The van der Waals surface area contributed by atoms with Gasteiger partial charge in [0.15, 0.2) is 5.13 Å². The molecule has 0 unspecified atom stereocenters. The van der Waals surface area contributed by atoms with Crippen LogP contribution in [-0.2, 0) is 4.74 Å². The maximum atomic E-state index is 13.5.